The Hall–Kier alpha value is -8.18. The minimum Gasteiger partial charge on any atom is -0.478 e. The van der Waals surface area contributed by atoms with E-state index in [2.05, 4.69) is 24.0 Å². The molecule has 59 heavy (non-hydrogen) atoms. The van der Waals surface area contributed by atoms with E-state index in [1.54, 1.807) is 36.4 Å². The maximum Gasteiger partial charge on any atom is 0.335 e. The first kappa shape index (κ1) is 36.5. The van der Waals surface area contributed by atoms with Crippen LogP contribution < -0.4 is 0 Å². The minimum atomic E-state index is -1.41. The van der Waals surface area contributed by atoms with Crippen molar-refractivity contribution in [3.63, 3.8) is 0 Å². The SMILES string of the molecule is C#Cc1c(C2(c3ccc(-c4ccccc4)c(-c4ccccc4)c3C#C)c3cc(C(=O)O)ccc3-c3ccc(C(=O)O)cc32)ccc(-c2ccccc2)c1-c1ccccc1. The average molecular weight is 759 g/mol. The van der Waals surface area contributed by atoms with Gasteiger partial charge in [0, 0.05) is 22.3 Å². The fraction of sp³-hybridized carbons (Fsp3) is 0.0182. The molecule has 8 aromatic rings. The Bertz CT molecular complexity index is 2830. The van der Waals surface area contributed by atoms with Gasteiger partial charge in [-0.25, -0.2) is 9.59 Å². The van der Waals surface area contributed by atoms with Crippen molar-refractivity contribution < 1.29 is 19.8 Å². The molecule has 9 rings (SSSR count). The van der Waals surface area contributed by atoms with Gasteiger partial charge in [0.15, 0.2) is 0 Å². The van der Waals surface area contributed by atoms with Gasteiger partial charge in [0.05, 0.1) is 16.5 Å². The van der Waals surface area contributed by atoms with Crippen LogP contribution >= 0.6 is 0 Å². The summed E-state index contributed by atoms with van der Waals surface area (Å²) < 4.78 is 0. The Morgan fingerprint density at radius 1 is 0.390 bits per heavy atom. The fourth-order valence-corrected chi connectivity index (χ4v) is 8.97. The molecule has 4 nitrogen and oxygen atoms in total. The molecular formula is C55H34O4. The van der Waals surface area contributed by atoms with Crippen molar-refractivity contribution in [1.29, 1.82) is 0 Å². The quantitative estimate of drug-likeness (QED) is 0.151. The summed E-state index contributed by atoms with van der Waals surface area (Å²) >= 11 is 0. The summed E-state index contributed by atoms with van der Waals surface area (Å²) in [5, 5.41) is 21.1. The van der Waals surface area contributed by atoms with Crippen LogP contribution in [0.1, 0.15) is 54.1 Å². The summed E-state index contributed by atoms with van der Waals surface area (Å²) in [4.78, 5) is 25.8. The van der Waals surface area contributed by atoms with Crippen LogP contribution in [0, 0.1) is 24.7 Å². The summed E-state index contributed by atoms with van der Waals surface area (Å²) in [5.41, 5.74) is 11.0. The smallest absolute Gasteiger partial charge is 0.335 e. The van der Waals surface area contributed by atoms with Crippen molar-refractivity contribution in [3.05, 3.63) is 226 Å². The third kappa shape index (κ3) is 5.83. The summed E-state index contributed by atoms with van der Waals surface area (Å²) in [7, 11) is 0. The molecule has 0 unspecified atom stereocenters. The molecule has 0 bridgehead atoms. The number of terminal acetylenes is 2. The second kappa shape index (κ2) is 14.7. The summed E-state index contributed by atoms with van der Waals surface area (Å²) in [6.45, 7) is 0. The largest absolute Gasteiger partial charge is 0.478 e. The molecule has 0 heterocycles. The highest BCUT2D eigenvalue weighted by Crippen LogP contribution is 2.60. The first-order valence-electron chi connectivity index (χ1n) is 19.1. The molecule has 0 aromatic heterocycles. The number of carboxylic acids is 2. The van der Waals surface area contributed by atoms with E-state index in [1.807, 2.05) is 133 Å². The van der Waals surface area contributed by atoms with E-state index in [9.17, 15) is 19.8 Å². The Kier molecular flexibility index (Phi) is 9.09. The van der Waals surface area contributed by atoms with Gasteiger partial charge in [-0.05, 0) is 91.0 Å². The van der Waals surface area contributed by atoms with E-state index < -0.39 is 17.4 Å². The molecule has 0 saturated heterocycles. The van der Waals surface area contributed by atoms with E-state index in [4.69, 9.17) is 12.8 Å². The van der Waals surface area contributed by atoms with Gasteiger partial charge in [-0.15, -0.1) is 12.8 Å². The highest BCUT2D eigenvalue weighted by atomic mass is 16.4. The highest BCUT2D eigenvalue weighted by molar-refractivity contribution is 5.99. The molecule has 1 aliphatic carbocycles. The van der Waals surface area contributed by atoms with Crippen LogP contribution in [0.5, 0.6) is 0 Å². The van der Waals surface area contributed by atoms with Crippen LogP contribution in [0.3, 0.4) is 0 Å². The number of hydrogen-bond donors (Lipinski definition) is 2. The van der Waals surface area contributed by atoms with Crippen LogP contribution in [-0.2, 0) is 5.41 Å². The number of fused-ring (bicyclic) bond motifs is 3. The van der Waals surface area contributed by atoms with Gasteiger partial charge in [-0.3, -0.25) is 0 Å². The third-order valence-corrected chi connectivity index (χ3v) is 11.4. The molecule has 0 radical (unpaired) electrons. The van der Waals surface area contributed by atoms with Crippen molar-refractivity contribution >= 4 is 11.9 Å². The van der Waals surface area contributed by atoms with Crippen molar-refractivity contribution in [1.82, 2.24) is 0 Å². The number of carboxylic acid groups (broad SMARTS) is 2. The molecule has 0 fully saturated rings. The predicted molar refractivity (Wildman–Crippen MR) is 235 cm³/mol. The minimum absolute atomic E-state index is 0.0669. The maximum atomic E-state index is 12.9. The second-order valence-corrected chi connectivity index (χ2v) is 14.5. The van der Waals surface area contributed by atoms with E-state index >= 15 is 0 Å². The predicted octanol–water partition coefficient (Wildman–Crippen LogP) is 12.1. The number of benzene rings is 8. The van der Waals surface area contributed by atoms with Gasteiger partial charge in [0.25, 0.3) is 0 Å². The lowest BCUT2D eigenvalue weighted by Crippen LogP contribution is -2.32. The monoisotopic (exact) mass is 758 g/mol. The molecular weight excluding hydrogens is 725 g/mol. The van der Waals surface area contributed by atoms with Crippen molar-refractivity contribution in [2.75, 3.05) is 0 Å². The molecule has 0 atom stereocenters. The number of hydrogen-bond acceptors (Lipinski definition) is 2. The summed E-state index contributed by atoms with van der Waals surface area (Å²) in [6, 6.07) is 58.2. The van der Waals surface area contributed by atoms with Gasteiger partial charge in [0.2, 0.25) is 0 Å². The Morgan fingerprint density at radius 3 is 1.03 bits per heavy atom. The van der Waals surface area contributed by atoms with Gasteiger partial charge in [-0.1, -0.05) is 170 Å². The molecule has 4 heteroatoms. The van der Waals surface area contributed by atoms with E-state index in [1.165, 1.54) is 0 Å². The lowest BCUT2D eigenvalue weighted by molar-refractivity contribution is 0.0686. The van der Waals surface area contributed by atoms with Crippen LogP contribution in [0.4, 0.5) is 0 Å². The maximum absolute atomic E-state index is 12.9. The molecule has 2 N–H and O–H groups in total. The van der Waals surface area contributed by atoms with E-state index in [0.717, 1.165) is 55.6 Å². The highest BCUT2D eigenvalue weighted by Gasteiger charge is 2.50. The lowest BCUT2D eigenvalue weighted by Gasteiger charge is -2.37. The van der Waals surface area contributed by atoms with Gasteiger partial charge in [0.1, 0.15) is 0 Å². The van der Waals surface area contributed by atoms with Gasteiger partial charge >= 0.3 is 11.9 Å². The Labute approximate surface area is 342 Å². The second-order valence-electron chi connectivity index (χ2n) is 14.5. The molecule has 1 aliphatic rings. The molecule has 8 aromatic carbocycles. The number of carbonyl (C=O) groups is 2. The van der Waals surface area contributed by atoms with E-state index in [-0.39, 0.29) is 11.1 Å². The zero-order valence-electron chi connectivity index (χ0n) is 31.7. The van der Waals surface area contributed by atoms with Crippen molar-refractivity contribution in [2.24, 2.45) is 0 Å². The Morgan fingerprint density at radius 2 is 0.712 bits per heavy atom. The zero-order valence-corrected chi connectivity index (χ0v) is 31.7. The van der Waals surface area contributed by atoms with Crippen LogP contribution in [0.25, 0.3) is 55.6 Å². The molecule has 0 amide bonds. The lowest BCUT2D eigenvalue weighted by atomic mass is 9.63. The first-order valence-corrected chi connectivity index (χ1v) is 19.1. The standard InChI is InChI=1S/C55H34O4/c1-3-41-47(31-29-43(35-17-9-5-10-18-35)51(41)37-21-13-7-14-22-37)55(49-33-39(53(56)57)25-27-45(49)46-28-26-40(54(58)59)34-50(46)55)48-32-30-44(36-19-11-6-12-20-36)52(42(48)4-2)38-23-15-8-16-24-38/h1-2,5-34H,(H,56,57)(H,58,59). The van der Waals surface area contributed by atoms with Crippen molar-refractivity contribution in [2.45, 2.75) is 5.41 Å². The fourth-order valence-electron chi connectivity index (χ4n) is 8.97. The molecule has 0 spiro atoms. The third-order valence-electron chi connectivity index (χ3n) is 11.4. The van der Waals surface area contributed by atoms with E-state index in [0.29, 0.717) is 33.4 Å². The topological polar surface area (TPSA) is 74.6 Å². The number of rotatable bonds is 8. The average Bonchev–Trinajstić information content (AvgIpc) is 3.58. The summed E-state index contributed by atoms with van der Waals surface area (Å²) in [5.74, 6) is 4.03. The zero-order chi connectivity index (χ0) is 40.7. The molecule has 0 saturated carbocycles. The van der Waals surface area contributed by atoms with Crippen LogP contribution in [0.2, 0.25) is 0 Å². The van der Waals surface area contributed by atoms with Gasteiger partial charge in [-0.2, -0.15) is 0 Å². The Balaban J connectivity index is 1.53. The molecule has 278 valence electrons. The molecule has 0 aliphatic heterocycles. The van der Waals surface area contributed by atoms with Crippen LogP contribution in [0.15, 0.2) is 182 Å². The van der Waals surface area contributed by atoms with Crippen LogP contribution in [-0.4, -0.2) is 22.2 Å². The number of aromatic carboxylic acids is 2. The first-order chi connectivity index (χ1) is 28.9. The van der Waals surface area contributed by atoms with Crippen molar-refractivity contribution in [3.8, 4) is 80.3 Å². The van der Waals surface area contributed by atoms with Gasteiger partial charge < -0.3 is 10.2 Å². The normalized spacial score (nSPS) is 12.1. The summed E-state index contributed by atoms with van der Waals surface area (Å²) in [6.07, 6.45) is 13.5.